The molecule has 2 heterocycles. The third-order valence-electron chi connectivity index (χ3n) is 1.86. The van der Waals surface area contributed by atoms with Crippen molar-refractivity contribution in [1.29, 1.82) is 0 Å². The zero-order chi connectivity index (χ0) is 8.72. The maximum absolute atomic E-state index is 11.0. The molecule has 4 heteroatoms. The maximum atomic E-state index is 11.0. The SMILES string of the molecule is Cc1ccnc2c1oc(=O)n2C. The molecule has 0 saturated heterocycles. The molecule has 0 spiro atoms. The van der Waals surface area contributed by atoms with Crippen molar-refractivity contribution in [3.05, 3.63) is 28.4 Å². The topological polar surface area (TPSA) is 48.0 Å². The summed E-state index contributed by atoms with van der Waals surface area (Å²) in [7, 11) is 1.64. The Kier molecular flexibility index (Phi) is 1.30. The van der Waals surface area contributed by atoms with Crippen LogP contribution in [0.5, 0.6) is 0 Å². The Labute approximate surface area is 68.4 Å². The van der Waals surface area contributed by atoms with Gasteiger partial charge < -0.3 is 4.42 Å². The molecule has 2 rings (SSSR count). The number of aryl methyl sites for hydroxylation is 2. The zero-order valence-electron chi connectivity index (χ0n) is 6.87. The van der Waals surface area contributed by atoms with Gasteiger partial charge in [0.25, 0.3) is 0 Å². The molecule has 0 atom stereocenters. The van der Waals surface area contributed by atoms with Gasteiger partial charge in [-0.15, -0.1) is 0 Å². The first kappa shape index (κ1) is 7.09. The van der Waals surface area contributed by atoms with Gasteiger partial charge in [-0.3, -0.25) is 4.57 Å². The second-order valence-corrected chi connectivity index (χ2v) is 2.71. The largest absolute Gasteiger partial charge is 0.420 e. The number of pyridine rings is 1. The molecule has 0 N–H and O–H groups in total. The van der Waals surface area contributed by atoms with E-state index in [1.807, 2.05) is 13.0 Å². The number of hydrogen-bond donors (Lipinski definition) is 0. The lowest BCUT2D eigenvalue weighted by molar-refractivity contribution is 0.526. The molecule has 0 amide bonds. The monoisotopic (exact) mass is 164 g/mol. The summed E-state index contributed by atoms with van der Waals surface area (Å²) in [4.78, 5) is 15.1. The van der Waals surface area contributed by atoms with Gasteiger partial charge in [0.15, 0.2) is 11.2 Å². The molecule has 0 saturated carbocycles. The molecule has 0 fully saturated rings. The van der Waals surface area contributed by atoms with Crippen molar-refractivity contribution in [2.45, 2.75) is 6.92 Å². The van der Waals surface area contributed by atoms with Crippen molar-refractivity contribution in [3.63, 3.8) is 0 Å². The Morgan fingerprint density at radius 2 is 2.33 bits per heavy atom. The van der Waals surface area contributed by atoms with Crippen molar-refractivity contribution >= 4 is 11.2 Å². The average Bonchev–Trinajstić information content (AvgIpc) is 2.32. The Bertz CT molecular complexity index is 481. The summed E-state index contributed by atoms with van der Waals surface area (Å²) in [5, 5.41) is 0. The Morgan fingerprint density at radius 1 is 1.58 bits per heavy atom. The van der Waals surface area contributed by atoms with E-state index in [1.165, 1.54) is 4.57 Å². The van der Waals surface area contributed by atoms with Crippen molar-refractivity contribution in [3.8, 4) is 0 Å². The molecule has 2 aromatic rings. The van der Waals surface area contributed by atoms with Gasteiger partial charge in [0.1, 0.15) is 0 Å². The molecule has 0 bridgehead atoms. The smallest absolute Gasteiger partial charge is 0.406 e. The zero-order valence-corrected chi connectivity index (χ0v) is 6.87. The van der Waals surface area contributed by atoms with E-state index in [4.69, 9.17) is 4.42 Å². The van der Waals surface area contributed by atoms with Crippen molar-refractivity contribution < 1.29 is 4.42 Å². The van der Waals surface area contributed by atoms with E-state index in [-0.39, 0.29) is 5.76 Å². The number of hydrogen-bond acceptors (Lipinski definition) is 3. The molecule has 0 aliphatic heterocycles. The van der Waals surface area contributed by atoms with E-state index < -0.39 is 0 Å². The third kappa shape index (κ3) is 0.777. The highest BCUT2D eigenvalue weighted by molar-refractivity contribution is 5.71. The van der Waals surface area contributed by atoms with Gasteiger partial charge in [0.2, 0.25) is 0 Å². The molecule has 4 nitrogen and oxygen atoms in total. The standard InChI is InChI=1S/C8H8N2O2/c1-5-3-4-9-7-6(5)12-8(11)10(7)2/h3-4H,1-2H3. The predicted molar refractivity (Wildman–Crippen MR) is 44.0 cm³/mol. The highest BCUT2D eigenvalue weighted by Gasteiger charge is 2.07. The summed E-state index contributed by atoms with van der Waals surface area (Å²) in [6.07, 6.45) is 1.66. The molecule has 2 aromatic heterocycles. The summed E-state index contributed by atoms with van der Waals surface area (Å²) in [5.74, 6) is -0.369. The number of aromatic nitrogens is 2. The van der Waals surface area contributed by atoms with Crippen LogP contribution in [0.3, 0.4) is 0 Å². The predicted octanol–water partition coefficient (Wildman–Crippen LogP) is 0.835. The van der Waals surface area contributed by atoms with Crippen LogP contribution < -0.4 is 5.76 Å². The summed E-state index contributed by atoms with van der Waals surface area (Å²) in [5.41, 5.74) is 2.10. The van der Waals surface area contributed by atoms with Crippen molar-refractivity contribution in [2.75, 3.05) is 0 Å². The molecular weight excluding hydrogens is 156 g/mol. The fraction of sp³-hybridized carbons (Fsp3) is 0.250. The second kappa shape index (κ2) is 2.20. The molecular formula is C8H8N2O2. The molecule has 0 aliphatic carbocycles. The van der Waals surface area contributed by atoms with Gasteiger partial charge >= 0.3 is 5.76 Å². The van der Waals surface area contributed by atoms with Crippen LogP contribution in [-0.4, -0.2) is 9.55 Å². The van der Waals surface area contributed by atoms with Crippen LogP contribution >= 0.6 is 0 Å². The molecule has 0 unspecified atom stereocenters. The van der Waals surface area contributed by atoms with Gasteiger partial charge in [-0.25, -0.2) is 9.78 Å². The van der Waals surface area contributed by atoms with Gasteiger partial charge in [0, 0.05) is 13.2 Å². The first-order chi connectivity index (χ1) is 5.70. The fourth-order valence-corrected chi connectivity index (χ4v) is 1.14. The highest BCUT2D eigenvalue weighted by Crippen LogP contribution is 2.12. The van der Waals surface area contributed by atoms with Crippen LogP contribution in [0.1, 0.15) is 5.56 Å². The minimum absolute atomic E-state index is 0.369. The highest BCUT2D eigenvalue weighted by atomic mass is 16.4. The average molecular weight is 164 g/mol. The molecule has 0 aliphatic rings. The van der Waals surface area contributed by atoms with E-state index in [0.717, 1.165) is 5.56 Å². The molecule has 0 radical (unpaired) electrons. The lowest BCUT2D eigenvalue weighted by Gasteiger charge is -1.91. The van der Waals surface area contributed by atoms with Gasteiger partial charge in [0.05, 0.1) is 0 Å². The first-order valence-electron chi connectivity index (χ1n) is 3.61. The minimum Gasteiger partial charge on any atom is -0.406 e. The maximum Gasteiger partial charge on any atom is 0.420 e. The quantitative estimate of drug-likeness (QED) is 0.579. The van der Waals surface area contributed by atoms with Crippen molar-refractivity contribution in [1.82, 2.24) is 9.55 Å². The Hall–Kier alpha value is -1.58. The van der Waals surface area contributed by atoms with Crippen LogP contribution in [0, 0.1) is 6.92 Å². The summed E-state index contributed by atoms with van der Waals surface area (Å²) < 4.78 is 6.37. The lowest BCUT2D eigenvalue weighted by Crippen LogP contribution is -2.08. The number of fused-ring (bicyclic) bond motifs is 1. The van der Waals surface area contributed by atoms with Crippen LogP contribution in [0.4, 0.5) is 0 Å². The van der Waals surface area contributed by atoms with Gasteiger partial charge in [-0.05, 0) is 18.6 Å². The lowest BCUT2D eigenvalue weighted by atomic mass is 10.3. The Balaban J connectivity index is 3.05. The number of rotatable bonds is 0. The van der Waals surface area contributed by atoms with Crippen molar-refractivity contribution in [2.24, 2.45) is 7.05 Å². The normalized spacial score (nSPS) is 10.8. The van der Waals surface area contributed by atoms with Gasteiger partial charge in [-0.1, -0.05) is 0 Å². The number of oxazole rings is 1. The summed E-state index contributed by atoms with van der Waals surface area (Å²) in [6.45, 7) is 1.88. The van der Waals surface area contributed by atoms with Crippen LogP contribution in [-0.2, 0) is 7.05 Å². The fourth-order valence-electron chi connectivity index (χ4n) is 1.14. The van der Waals surface area contributed by atoms with E-state index in [2.05, 4.69) is 4.98 Å². The van der Waals surface area contributed by atoms with E-state index in [0.29, 0.717) is 11.2 Å². The third-order valence-corrected chi connectivity index (χ3v) is 1.86. The van der Waals surface area contributed by atoms with E-state index in [1.54, 1.807) is 13.2 Å². The van der Waals surface area contributed by atoms with Gasteiger partial charge in [-0.2, -0.15) is 0 Å². The Morgan fingerprint density at radius 3 is 3.00 bits per heavy atom. The summed E-state index contributed by atoms with van der Waals surface area (Å²) >= 11 is 0. The van der Waals surface area contributed by atoms with E-state index in [9.17, 15) is 4.79 Å². The second-order valence-electron chi connectivity index (χ2n) is 2.71. The van der Waals surface area contributed by atoms with E-state index >= 15 is 0 Å². The van der Waals surface area contributed by atoms with Crippen LogP contribution in [0.15, 0.2) is 21.5 Å². The first-order valence-corrected chi connectivity index (χ1v) is 3.61. The minimum atomic E-state index is -0.369. The molecule has 12 heavy (non-hydrogen) atoms. The molecule has 0 aromatic carbocycles. The van der Waals surface area contributed by atoms with Crippen LogP contribution in [0.25, 0.3) is 11.2 Å². The number of nitrogens with zero attached hydrogens (tertiary/aromatic N) is 2. The summed E-state index contributed by atoms with van der Waals surface area (Å²) in [6, 6.07) is 1.81. The molecule has 62 valence electrons. The van der Waals surface area contributed by atoms with Crippen LogP contribution in [0.2, 0.25) is 0 Å².